The zero-order valence-electron chi connectivity index (χ0n) is 14.1. The van der Waals surface area contributed by atoms with Crippen LogP contribution in [0.2, 0.25) is 0 Å². The lowest BCUT2D eigenvalue weighted by Crippen LogP contribution is -2.49. The lowest BCUT2D eigenvalue weighted by atomic mass is 9.47. The second-order valence-corrected chi connectivity index (χ2v) is 7.21. The van der Waals surface area contributed by atoms with E-state index in [0.29, 0.717) is 25.0 Å². The van der Waals surface area contributed by atoms with E-state index >= 15 is 0 Å². The van der Waals surface area contributed by atoms with Crippen LogP contribution in [0.3, 0.4) is 0 Å². The molecule has 0 unspecified atom stereocenters. The van der Waals surface area contributed by atoms with Crippen molar-refractivity contribution >= 4 is 0 Å². The van der Waals surface area contributed by atoms with Gasteiger partial charge in [-0.3, -0.25) is 0 Å². The Morgan fingerprint density at radius 2 is 1.88 bits per heavy atom. The van der Waals surface area contributed by atoms with Gasteiger partial charge in [0.2, 0.25) is 0 Å². The molecule has 25 heavy (non-hydrogen) atoms. The van der Waals surface area contributed by atoms with E-state index in [9.17, 15) is 5.26 Å². The molecule has 1 saturated heterocycles. The summed E-state index contributed by atoms with van der Waals surface area (Å²) in [6, 6.07) is 19.5. The van der Waals surface area contributed by atoms with Crippen LogP contribution in [0, 0.1) is 22.7 Å². The van der Waals surface area contributed by atoms with E-state index in [1.165, 1.54) is 16.7 Å². The molecule has 1 spiro atoms. The van der Waals surface area contributed by atoms with Crippen molar-refractivity contribution in [3.63, 3.8) is 0 Å². The predicted molar refractivity (Wildman–Crippen MR) is 94.5 cm³/mol. The van der Waals surface area contributed by atoms with Crippen molar-refractivity contribution in [1.82, 2.24) is 0 Å². The number of methoxy groups -OCH3 is 1. The summed E-state index contributed by atoms with van der Waals surface area (Å²) in [5, 5.41) is 9.65. The molecule has 4 atom stereocenters. The molecule has 1 fully saturated rings. The van der Waals surface area contributed by atoms with E-state index in [4.69, 9.17) is 9.47 Å². The van der Waals surface area contributed by atoms with Gasteiger partial charge in [-0.2, -0.15) is 5.26 Å². The van der Waals surface area contributed by atoms with Gasteiger partial charge in [0.05, 0.1) is 26.4 Å². The quantitative estimate of drug-likeness (QED) is 0.836. The number of nitriles is 1. The van der Waals surface area contributed by atoms with Crippen LogP contribution in [-0.2, 0) is 4.74 Å². The summed E-state index contributed by atoms with van der Waals surface area (Å²) in [6.45, 7) is 1.36. The fourth-order valence-electron chi connectivity index (χ4n) is 5.17. The van der Waals surface area contributed by atoms with Crippen LogP contribution in [-0.4, -0.2) is 20.3 Å². The molecule has 0 saturated carbocycles. The van der Waals surface area contributed by atoms with Gasteiger partial charge < -0.3 is 9.47 Å². The van der Waals surface area contributed by atoms with Crippen molar-refractivity contribution in [2.24, 2.45) is 11.3 Å². The number of allylic oxidation sites excluding steroid dienone is 1. The molecule has 2 aliphatic carbocycles. The average Bonchev–Trinajstić information content (AvgIpc) is 3.11. The lowest BCUT2D eigenvalue weighted by Gasteiger charge is -2.53. The number of nitrogens with zero attached hydrogens (tertiary/aromatic N) is 1. The summed E-state index contributed by atoms with van der Waals surface area (Å²) >= 11 is 0. The Hall–Kier alpha value is -2.57. The fourth-order valence-corrected chi connectivity index (χ4v) is 5.17. The second-order valence-electron chi connectivity index (χ2n) is 7.21. The number of hydrogen-bond donors (Lipinski definition) is 0. The van der Waals surface area contributed by atoms with E-state index in [2.05, 4.69) is 48.5 Å². The fraction of sp³-hybridized carbons (Fsp3) is 0.318. The molecule has 0 N–H and O–H groups in total. The molecule has 5 rings (SSSR count). The van der Waals surface area contributed by atoms with Gasteiger partial charge in [0.1, 0.15) is 5.75 Å². The van der Waals surface area contributed by atoms with Crippen LogP contribution in [0.15, 0.2) is 60.2 Å². The van der Waals surface area contributed by atoms with Gasteiger partial charge in [0.15, 0.2) is 0 Å². The van der Waals surface area contributed by atoms with Crippen LogP contribution >= 0.6 is 0 Å². The zero-order chi connectivity index (χ0) is 17.0. The molecule has 0 amide bonds. The topological polar surface area (TPSA) is 42.2 Å². The summed E-state index contributed by atoms with van der Waals surface area (Å²) in [5.41, 5.74) is 4.76. The Balaban J connectivity index is 1.71. The highest BCUT2D eigenvalue weighted by molar-refractivity contribution is 5.58. The maximum absolute atomic E-state index is 9.65. The summed E-state index contributed by atoms with van der Waals surface area (Å²) < 4.78 is 11.3. The van der Waals surface area contributed by atoms with Crippen LogP contribution in [0.25, 0.3) is 0 Å². The SMILES string of the molecule is COc1ccc([C@H]2c3ccccc3[C@@H]3C=C(C#N)[C@@]34COC[C@H]24)cc1. The molecular weight excluding hydrogens is 310 g/mol. The van der Waals surface area contributed by atoms with Crippen molar-refractivity contribution in [2.45, 2.75) is 11.8 Å². The summed E-state index contributed by atoms with van der Waals surface area (Å²) in [5.74, 6) is 1.73. The van der Waals surface area contributed by atoms with Gasteiger partial charge in [-0.25, -0.2) is 0 Å². The van der Waals surface area contributed by atoms with E-state index in [1.54, 1.807) is 7.11 Å². The Morgan fingerprint density at radius 1 is 1.12 bits per heavy atom. The Kier molecular flexibility index (Phi) is 3.07. The molecule has 1 aliphatic heterocycles. The number of ether oxygens (including phenoxy) is 2. The molecule has 3 nitrogen and oxygen atoms in total. The minimum absolute atomic E-state index is 0.145. The first-order chi connectivity index (χ1) is 12.3. The standard InChI is InChI=1S/C22H19NO2/c1-24-16-8-6-14(7-9-16)21-18-5-3-2-4-17(18)19-10-15(11-23)22(19)13-25-12-20(21)22/h2-10,19-21H,12-13H2,1H3/t19-,20+,21-,22-/m0/s1. The number of fused-ring (bicyclic) bond motifs is 2. The van der Waals surface area contributed by atoms with Gasteiger partial charge in [-0.1, -0.05) is 42.5 Å². The minimum Gasteiger partial charge on any atom is -0.497 e. The van der Waals surface area contributed by atoms with E-state index < -0.39 is 0 Å². The second kappa shape index (κ2) is 5.21. The average molecular weight is 329 g/mol. The largest absolute Gasteiger partial charge is 0.497 e. The van der Waals surface area contributed by atoms with Crippen molar-refractivity contribution in [3.05, 3.63) is 76.9 Å². The van der Waals surface area contributed by atoms with Crippen molar-refractivity contribution in [1.29, 1.82) is 5.26 Å². The Bertz CT molecular complexity index is 908. The highest BCUT2D eigenvalue weighted by Gasteiger charge is 2.62. The third kappa shape index (κ3) is 1.78. The molecule has 2 aromatic rings. The van der Waals surface area contributed by atoms with Crippen LogP contribution in [0.4, 0.5) is 0 Å². The maximum Gasteiger partial charge on any atom is 0.118 e. The summed E-state index contributed by atoms with van der Waals surface area (Å²) in [7, 11) is 1.69. The Morgan fingerprint density at radius 3 is 2.60 bits per heavy atom. The van der Waals surface area contributed by atoms with Gasteiger partial charge in [0.25, 0.3) is 0 Å². The first-order valence-corrected chi connectivity index (χ1v) is 8.72. The van der Waals surface area contributed by atoms with Crippen molar-refractivity contribution in [2.75, 3.05) is 20.3 Å². The van der Waals surface area contributed by atoms with Crippen LogP contribution in [0.5, 0.6) is 5.75 Å². The smallest absolute Gasteiger partial charge is 0.118 e. The Labute approximate surface area is 147 Å². The maximum atomic E-state index is 9.65. The van der Waals surface area contributed by atoms with E-state index in [0.717, 1.165) is 11.3 Å². The van der Waals surface area contributed by atoms with Crippen LogP contribution < -0.4 is 4.74 Å². The normalized spacial score (nSPS) is 31.7. The molecule has 124 valence electrons. The van der Waals surface area contributed by atoms with Gasteiger partial charge >= 0.3 is 0 Å². The highest BCUT2D eigenvalue weighted by atomic mass is 16.5. The molecule has 2 aromatic carbocycles. The van der Waals surface area contributed by atoms with E-state index in [1.807, 2.05) is 12.1 Å². The van der Waals surface area contributed by atoms with Crippen LogP contribution in [0.1, 0.15) is 28.5 Å². The zero-order valence-corrected chi connectivity index (χ0v) is 14.1. The van der Waals surface area contributed by atoms with Crippen molar-refractivity contribution in [3.8, 4) is 11.8 Å². The molecule has 3 heteroatoms. The molecule has 1 heterocycles. The summed E-state index contributed by atoms with van der Waals surface area (Å²) in [4.78, 5) is 0. The first-order valence-electron chi connectivity index (χ1n) is 8.72. The van der Waals surface area contributed by atoms with Gasteiger partial charge in [-0.05, 0) is 28.8 Å². The van der Waals surface area contributed by atoms with E-state index in [-0.39, 0.29) is 11.3 Å². The molecular formula is C22H19NO2. The monoisotopic (exact) mass is 329 g/mol. The van der Waals surface area contributed by atoms with Gasteiger partial charge in [-0.15, -0.1) is 0 Å². The first kappa shape index (κ1) is 14.7. The highest BCUT2D eigenvalue weighted by Crippen LogP contribution is 2.67. The lowest BCUT2D eigenvalue weighted by molar-refractivity contribution is 0.146. The third-order valence-electron chi connectivity index (χ3n) is 6.35. The molecule has 0 radical (unpaired) electrons. The third-order valence-corrected chi connectivity index (χ3v) is 6.35. The van der Waals surface area contributed by atoms with Crippen molar-refractivity contribution < 1.29 is 9.47 Å². The molecule has 0 aromatic heterocycles. The molecule has 0 bridgehead atoms. The minimum atomic E-state index is -0.145. The molecule has 3 aliphatic rings. The number of rotatable bonds is 2. The number of hydrogen-bond acceptors (Lipinski definition) is 3. The summed E-state index contributed by atoms with van der Waals surface area (Å²) in [6.07, 6.45) is 2.14. The number of benzene rings is 2. The predicted octanol–water partition coefficient (Wildman–Crippen LogP) is 4.02. The van der Waals surface area contributed by atoms with Gasteiger partial charge in [0, 0.05) is 28.7 Å².